The Labute approximate surface area is 106 Å². The molecule has 0 aromatic heterocycles. The van der Waals surface area contributed by atoms with Gasteiger partial charge in [0.25, 0.3) is 0 Å². The van der Waals surface area contributed by atoms with Gasteiger partial charge in [-0.3, -0.25) is 0 Å². The predicted molar refractivity (Wildman–Crippen MR) is 59.9 cm³/mol. The maximum atomic E-state index is 5.96. The second-order valence-electron chi connectivity index (χ2n) is 2.31. The standard InChI is InChI=1S/C6H3Cl6N/c7-3-1-2-4(8)13-5(3,9)6(10,11)12/h1-2,13H. The second kappa shape index (κ2) is 3.88. The lowest BCUT2D eigenvalue weighted by atomic mass is 10.2. The fourth-order valence-electron chi connectivity index (χ4n) is 0.733. The molecule has 0 amide bonds. The molecule has 1 heterocycles. The number of nitrogens with one attached hydrogen (secondary N) is 1. The molecule has 0 aliphatic carbocycles. The molecule has 1 rings (SSSR count). The fourth-order valence-corrected chi connectivity index (χ4v) is 2.00. The van der Waals surface area contributed by atoms with Gasteiger partial charge in [-0.1, -0.05) is 69.6 Å². The molecule has 1 N–H and O–H groups in total. The first kappa shape index (κ1) is 12.1. The summed E-state index contributed by atoms with van der Waals surface area (Å²) in [5.74, 6) is 0. The van der Waals surface area contributed by atoms with Crippen LogP contribution in [-0.4, -0.2) is 8.79 Å². The molecule has 7 heteroatoms. The van der Waals surface area contributed by atoms with Gasteiger partial charge in [-0.2, -0.15) is 0 Å². The van der Waals surface area contributed by atoms with Crippen molar-refractivity contribution in [3.05, 3.63) is 22.3 Å². The average molecular weight is 302 g/mol. The summed E-state index contributed by atoms with van der Waals surface area (Å²) in [6, 6.07) is 0. The van der Waals surface area contributed by atoms with E-state index in [4.69, 9.17) is 69.6 Å². The largest absolute Gasteiger partial charge is 0.349 e. The molecule has 1 atom stereocenters. The summed E-state index contributed by atoms with van der Waals surface area (Å²) in [5, 5.41) is 3.00. The molecule has 0 aromatic carbocycles. The van der Waals surface area contributed by atoms with Crippen LogP contribution in [0.3, 0.4) is 0 Å². The van der Waals surface area contributed by atoms with Crippen molar-refractivity contribution < 1.29 is 0 Å². The van der Waals surface area contributed by atoms with Gasteiger partial charge in [0.2, 0.25) is 3.79 Å². The summed E-state index contributed by atoms with van der Waals surface area (Å²) < 4.78 is -1.80. The molecule has 0 spiro atoms. The van der Waals surface area contributed by atoms with E-state index in [0.29, 0.717) is 0 Å². The first-order valence-electron chi connectivity index (χ1n) is 3.04. The zero-order valence-corrected chi connectivity index (χ0v) is 10.5. The third kappa shape index (κ3) is 2.34. The SMILES string of the molecule is ClC1=CC=C(Cl)C(Cl)(C(Cl)(Cl)Cl)N1. The molecule has 0 fully saturated rings. The minimum absolute atomic E-state index is 0.165. The van der Waals surface area contributed by atoms with Crippen molar-refractivity contribution in [3.8, 4) is 0 Å². The number of alkyl halides is 4. The number of hydrogen-bond donors (Lipinski definition) is 1. The van der Waals surface area contributed by atoms with Gasteiger partial charge in [-0.15, -0.1) is 0 Å². The van der Waals surface area contributed by atoms with Crippen LogP contribution < -0.4 is 5.32 Å². The van der Waals surface area contributed by atoms with Crippen LogP contribution in [0.25, 0.3) is 0 Å². The van der Waals surface area contributed by atoms with Crippen LogP contribution in [0, 0.1) is 0 Å². The van der Waals surface area contributed by atoms with Gasteiger partial charge in [0, 0.05) is 0 Å². The van der Waals surface area contributed by atoms with Gasteiger partial charge < -0.3 is 5.32 Å². The summed E-state index contributed by atoms with van der Waals surface area (Å²) in [6.45, 7) is 0. The summed E-state index contributed by atoms with van der Waals surface area (Å²) >= 11 is 34.3. The van der Waals surface area contributed by atoms with Crippen LogP contribution in [0.5, 0.6) is 0 Å². The number of dihydropyridines is 1. The Kier molecular flexibility index (Phi) is 3.61. The van der Waals surface area contributed by atoms with E-state index in [1.807, 2.05) is 0 Å². The predicted octanol–water partition coefficient (Wildman–Crippen LogP) is 4.10. The third-order valence-corrected chi connectivity index (χ3v) is 3.84. The van der Waals surface area contributed by atoms with E-state index < -0.39 is 8.79 Å². The van der Waals surface area contributed by atoms with Crippen LogP contribution in [0.4, 0.5) is 0 Å². The summed E-state index contributed by atoms with van der Waals surface area (Å²) in [7, 11) is 0. The average Bonchev–Trinajstić information content (AvgIpc) is 1.95. The second-order valence-corrected chi connectivity index (χ2v) is 5.97. The first-order valence-corrected chi connectivity index (χ1v) is 5.31. The Morgan fingerprint density at radius 1 is 1.15 bits per heavy atom. The highest BCUT2D eigenvalue weighted by Gasteiger charge is 2.51. The molecule has 0 bridgehead atoms. The Balaban J connectivity index is 3.07. The number of allylic oxidation sites excluding steroid dienone is 2. The van der Waals surface area contributed by atoms with E-state index in [1.165, 1.54) is 12.2 Å². The van der Waals surface area contributed by atoms with Crippen molar-refractivity contribution in [2.24, 2.45) is 0 Å². The van der Waals surface area contributed by atoms with Crippen LogP contribution >= 0.6 is 69.6 Å². The molecule has 0 saturated carbocycles. The quantitative estimate of drug-likeness (QED) is 0.525. The lowest BCUT2D eigenvalue weighted by Gasteiger charge is -2.36. The van der Waals surface area contributed by atoms with E-state index in [0.717, 1.165) is 0 Å². The number of hydrogen-bond acceptors (Lipinski definition) is 1. The smallest absolute Gasteiger partial charge is 0.232 e. The van der Waals surface area contributed by atoms with Crippen molar-refractivity contribution in [3.63, 3.8) is 0 Å². The normalized spacial score (nSPS) is 29.1. The van der Waals surface area contributed by atoms with E-state index >= 15 is 0 Å². The Bertz CT molecular complexity index is 277. The highest BCUT2D eigenvalue weighted by molar-refractivity contribution is 6.72. The van der Waals surface area contributed by atoms with E-state index in [9.17, 15) is 0 Å². The van der Waals surface area contributed by atoms with Gasteiger partial charge in [-0.25, -0.2) is 0 Å². The van der Waals surface area contributed by atoms with Crippen LogP contribution in [-0.2, 0) is 0 Å². The van der Waals surface area contributed by atoms with Crippen molar-refractivity contribution >= 4 is 69.6 Å². The van der Waals surface area contributed by atoms with Crippen LogP contribution in [0.1, 0.15) is 0 Å². The van der Waals surface area contributed by atoms with Crippen LogP contribution in [0.15, 0.2) is 22.3 Å². The molecule has 1 unspecified atom stereocenters. The van der Waals surface area contributed by atoms with Crippen molar-refractivity contribution in [2.45, 2.75) is 8.79 Å². The maximum absolute atomic E-state index is 5.96. The van der Waals surface area contributed by atoms with Gasteiger partial charge in [-0.05, 0) is 12.2 Å². The zero-order chi connectivity index (χ0) is 10.3. The van der Waals surface area contributed by atoms with E-state index in [2.05, 4.69) is 5.32 Å². The lowest BCUT2D eigenvalue weighted by Crippen LogP contribution is -2.50. The minimum Gasteiger partial charge on any atom is -0.349 e. The Morgan fingerprint density at radius 3 is 2.08 bits per heavy atom. The molecule has 74 valence electrons. The molecule has 0 radical (unpaired) electrons. The Hall–Kier alpha value is 1.02. The molecule has 1 aliphatic rings. The van der Waals surface area contributed by atoms with Gasteiger partial charge >= 0.3 is 0 Å². The number of rotatable bonds is 0. The molecule has 1 aliphatic heterocycles. The summed E-state index contributed by atoms with van der Waals surface area (Å²) in [5.41, 5.74) is 0. The minimum atomic E-state index is -1.80. The van der Waals surface area contributed by atoms with Gasteiger partial charge in [0.1, 0.15) is 5.16 Å². The lowest BCUT2D eigenvalue weighted by molar-refractivity contribution is 0.615. The monoisotopic (exact) mass is 299 g/mol. The van der Waals surface area contributed by atoms with Gasteiger partial charge in [0.05, 0.1) is 5.03 Å². The Morgan fingerprint density at radius 2 is 1.69 bits per heavy atom. The topological polar surface area (TPSA) is 12.0 Å². The van der Waals surface area contributed by atoms with Crippen LogP contribution in [0.2, 0.25) is 0 Å². The summed E-state index contributed by atoms with van der Waals surface area (Å²) in [6.07, 6.45) is 2.98. The molecule has 0 saturated heterocycles. The van der Waals surface area contributed by atoms with E-state index in [-0.39, 0.29) is 10.2 Å². The highest BCUT2D eigenvalue weighted by Crippen LogP contribution is 2.48. The molecule has 13 heavy (non-hydrogen) atoms. The van der Waals surface area contributed by atoms with E-state index in [1.54, 1.807) is 0 Å². The number of halogens is 6. The third-order valence-electron chi connectivity index (χ3n) is 1.39. The molecule has 0 aromatic rings. The highest BCUT2D eigenvalue weighted by atomic mass is 35.6. The molecule has 1 nitrogen and oxygen atoms in total. The van der Waals surface area contributed by atoms with Crippen molar-refractivity contribution in [1.29, 1.82) is 0 Å². The van der Waals surface area contributed by atoms with Crippen molar-refractivity contribution in [2.75, 3.05) is 0 Å². The zero-order valence-electron chi connectivity index (χ0n) is 5.92. The van der Waals surface area contributed by atoms with Crippen molar-refractivity contribution in [1.82, 2.24) is 5.32 Å². The fraction of sp³-hybridized carbons (Fsp3) is 0.333. The molecular weight excluding hydrogens is 299 g/mol. The maximum Gasteiger partial charge on any atom is 0.232 e. The molecular formula is C6H3Cl6N. The first-order chi connectivity index (χ1) is 5.77. The van der Waals surface area contributed by atoms with Gasteiger partial charge in [0.15, 0.2) is 5.00 Å². The summed E-state index contributed by atoms with van der Waals surface area (Å²) in [4.78, 5) is -1.51.